The molecule has 2 aromatic rings. The van der Waals surface area contributed by atoms with Crippen LogP contribution in [0.5, 0.6) is 5.75 Å². The zero-order valence-corrected chi connectivity index (χ0v) is 12.5. The van der Waals surface area contributed by atoms with E-state index in [1.165, 1.54) is 30.3 Å². The average Bonchev–Trinajstić information content (AvgIpc) is 2.47. The van der Waals surface area contributed by atoms with Crippen LogP contribution < -0.4 is 10.1 Å². The molecular weight excluding hydrogens is 343 g/mol. The van der Waals surface area contributed by atoms with Gasteiger partial charge in [-0.05, 0) is 30.3 Å². The van der Waals surface area contributed by atoms with Gasteiger partial charge in [-0.1, -0.05) is 15.9 Å². The summed E-state index contributed by atoms with van der Waals surface area (Å²) >= 11 is 3.27. The van der Waals surface area contributed by atoms with Crippen LogP contribution in [0.2, 0.25) is 0 Å². The van der Waals surface area contributed by atoms with Gasteiger partial charge in [0, 0.05) is 23.2 Å². The van der Waals surface area contributed by atoms with Crippen LogP contribution in [-0.4, -0.2) is 18.1 Å². The number of nitro groups is 1. The summed E-state index contributed by atoms with van der Waals surface area (Å²) in [5.41, 5.74) is 0.397. The van der Waals surface area contributed by atoms with E-state index in [2.05, 4.69) is 21.2 Å². The molecule has 21 heavy (non-hydrogen) atoms. The van der Waals surface area contributed by atoms with E-state index >= 15 is 0 Å². The van der Waals surface area contributed by atoms with Crippen molar-refractivity contribution < 1.29 is 14.1 Å². The molecule has 0 spiro atoms. The van der Waals surface area contributed by atoms with E-state index in [4.69, 9.17) is 4.74 Å². The molecule has 0 saturated carbocycles. The fourth-order valence-corrected chi connectivity index (χ4v) is 2.01. The molecule has 0 amide bonds. The number of benzene rings is 2. The molecule has 7 heteroatoms. The number of nitrogens with one attached hydrogen (secondary N) is 1. The molecule has 0 aliphatic carbocycles. The topological polar surface area (TPSA) is 64.4 Å². The number of halogens is 2. The first-order valence-electron chi connectivity index (χ1n) is 6.12. The van der Waals surface area contributed by atoms with Gasteiger partial charge in [-0.2, -0.15) is 0 Å². The first kappa shape index (κ1) is 15.2. The van der Waals surface area contributed by atoms with Crippen molar-refractivity contribution in [2.75, 3.05) is 18.5 Å². The second kappa shape index (κ2) is 7.03. The number of hydrogen-bond donors (Lipinski definition) is 1. The van der Waals surface area contributed by atoms with Gasteiger partial charge in [-0.15, -0.1) is 0 Å². The molecule has 2 aromatic carbocycles. The van der Waals surface area contributed by atoms with Crippen LogP contribution in [0, 0.1) is 15.9 Å². The molecule has 0 heterocycles. The van der Waals surface area contributed by atoms with Gasteiger partial charge < -0.3 is 10.1 Å². The second-order valence-electron chi connectivity index (χ2n) is 4.15. The highest BCUT2D eigenvalue weighted by Crippen LogP contribution is 2.20. The van der Waals surface area contributed by atoms with E-state index in [1.54, 1.807) is 12.1 Å². The average molecular weight is 355 g/mol. The summed E-state index contributed by atoms with van der Waals surface area (Å²) in [6.45, 7) is 0.716. The molecule has 0 atom stereocenters. The lowest BCUT2D eigenvalue weighted by Gasteiger charge is -2.09. The predicted molar refractivity (Wildman–Crippen MR) is 81.2 cm³/mol. The second-order valence-corrected chi connectivity index (χ2v) is 5.07. The quantitative estimate of drug-likeness (QED) is 0.484. The summed E-state index contributed by atoms with van der Waals surface area (Å²) in [6, 6.07) is 10.4. The number of rotatable bonds is 6. The van der Waals surface area contributed by atoms with E-state index in [9.17, 15) is 14.5 Å². The third-order valence-corrected chi connectivity index (χ3v) is 3.16. The number of nitrogens with zero attached hydrogens (tertiary/aromatic N) is 1. The van der Waals surface area contributed by atoms with Crippen molar-refractivity contribution in [3.63, 3.8) is 0 Å². The van der Waals surface area contributed by atoms with Crippen LogP contribution in [0.3, 0.4) is 0 Å². The van der Waals surface area contributed by atoms with Gasteiger partial charge in [0.2, 0.25) is 0 Å². The van der Waals surface area contributed by atoms with Crippen molar-refractivity contribution in [2.45, 2.75) is 0 Å². The van der Waals surface area contributed by atoms with E-state index < -0.39 is 4.92 Å². The Morgan fingerprint density at radius 3 is 2.62 bits per heavy atom. The maximum atomic E-state index is 13.5. The summed E-state index contributed by atoms with van der Waals surface area (Å²) in [5, 5.41) is 13.4. The Labute approximate surface area is 129 Å². The van der Waals surface area contributed by atoms with Gasteiger partial charge >= 0.3 is 0 Å². The molecule has 0 unspecified atom stereocenters. The number of nitro benzene ring substituents is 1. The van der Waals surface area contributed by atoms with Crippen LogP contribution >= 0.6 is 15.9 Å². The summed E-state index contributed by atoms with van der Waals surface area (Å²) in [4.78, 5) is 10.0. The van der Waals surface area contributed by atoms with Crippen molar-refractivity contribution in [3.05, 3.63) is 62.9 Å². The predicted octanol–water partition coefficient (Wildman–Crippen LogP) is 3.99. The monoisotopic (exact) mass is 354 g/mol. The van der Waals surface area contributed by atoms with E-state index in [-0.39, 0.29) is 11.5 Å². The lowest BCUT2D eigenvalue weighted by Crippen LogP contribution is -2.12. The van der Waals surface area contributed by atoms with Gasteiger partial charge in [0.1, 0.15) is 18.2 Å². The minimum Gasteiger partial charge on any atom is -0.492 e. The van der Waals surface area contributed by atoms with Crippen molar-refractivity contribution in [2.24, 2.45) is 0 Å². The fourth-order valence-electron chi connectivity index (χ4n) is 1.65. The molecule has 0 fully saturated rings. The Hall–Kier alpha value is -2.15. The molecule has 0 saturated heterocycles. The van der Waals surface area contributed by atoms with E-state index in [0.29, 0.717) is 24.6 Å². The Bertz CT molecular complexity index is 635. The highest BCUT2D eigenvalue weighted by molar-refractivity contribution is 9.10. The van der Waals surface area contributed by atoms with Crippen LogP contribution in [0.1, 0.15) is 0 Å². The molecule has 0 bridgehead atoms. The van der Waals surface area contributed by atoms with Gasteiger partial charge in [0.05, 0.1) is 10.6 Å². The highest BCUT2D eigenvalue weighted by Gasteiger charge is 2.05. The van der Waals surface area contributed by atoms with Crippen molar-refractivity contribution in [1.29, 1.82) is 0 Å². The van der Waals surface area contributed by atoms with Crippen molar-refractivity contribution >= 4 is 27.3 Å². The van der Waals surface area contributed by atoms with Crippen molar-refractivity contribution in [3.8, 4) is 5.75 Å². The zero-order chi connectivity index (χ0) is 15.2. The van der Waals surface area contributed by atoms with Gasteiger partial charge in [-0.3, -0.25) is 10.1 Å². The Kier molecular flexibility index (Phi) is 5.10. The van der Waals surface area contributed by atoms with Crippen LogP contribution in [0.4, 0.5) is 15.8 Å². The summed E-state index contributed by atoms with van der Waals surface area (Å²) in [6.07, 6.45) is 0. The molecule has 1 N–H and O–H groups in total. The number of hydrogen-bond acceptors (Lipinski definition) is 4. The lowest BCUT2D eigenvalue weighted by atomic mass is 10.3. The largest absolute Gasteiger partial charge is 0.492 e. The maximum absolute atomic E-state index is 13.5. The number of anilines is 1. The molecule has 2 rings (SSSR count). The zero-order valence-electron chi connectivity index (χ0n) is 10.9. The first-order valence-corrected chi connectivity index (χ1v) is 6.92. The summed E-state index contributed by atoms with van der Waals surface area (Å²) in [5.74, 6) is 0.186. The Morgan fingerprint density at radius 1 is 1.24 bits per heavy atom. The number of ether oxygens (including phenoxy) is 1. The van der Waals surface area contributed by atoms with E-state index in [1.807, 2.05) is 0 Å². The molecule has 110 valence electrons. The molecule has 0 aromatic heterocycles. The van der Waals surface area contributed by atoms with Gasteiger partial charge in [0.25, 0.3) is 5.69 Å². The highest BCUT2D eigenvalue weighted by atomic mass is 79.9. The van der Waals surface area contributed by atoms with Crippen LogP contribution in [-0.2, 0) is 0 Å². The van der Waals surface area contributed by atoms with Gasteiger partial charge in [-0.25, -0.2) is 4.39 Å². The number of non-ortho nitro benzene ring substituents is 1. The first-order chi connectivity index (χ1) is 10.1. The third-order valence-electron chi connectivity index (χ3n) is 2.66. The third kappa shape index (κ3) is 4.42. The van der Waals surface area contributed by atoms with Crippen molar-refractivity contribution in [1.82, 2.24) is 0 Å². The normalized spacial score (nSPS) is 10.2. The van der Waals surface area contributed by atoms with Gasteiger partial charge in [0.15, 0.2) is 0 Å². The fraction of sp³-hybridized carbons (Fsp3) is 0.143. The molecule has 0 aliphatic heterocycles. The molecule has 0 aliphatic rings. The Morgan fingerprint density at radius 2 is 1.95 bits per heavy atom. The lowest BCUT2D eigenvalue weighted by molar-refractivity contribution is -0.384. The minimum absolute atomic E-state index is 0.0108. The van der Waals surface area contributed by atoms with Crippen LogP contribution in [0.25, 0.3) is 0 Å². The smallest absolute Gasteiger partial charge is 0.269 e. The molecule has 0 radical (unpaired) electrons. The molecular formula is C14H12BrFN2O3. The maximum Gasteiger partial charge on any atom is 0.269 e. The minimum atomic E-state index is -0.471. The van der Waals surface area contributed by atoms with Crippen LogP contribution in [0.15, 0.2) is 46.9 Å². The summed E-state index contributed by atoms with van der Waals surface area (Å²) < 4.78 is 19.6. The van der Waals surface area contributed by atoms with E-state index in [0.717, 1.165) is 4.47 Å². The molecule has 5 nitrogen and oxygen atoms in total. The SMILES string of the molecule is O=[N+]([O-])c1ccc(OCCNc2cc(Br)ccc2F)cc1. The Balaban J connectivity index is 1.81. The standard InChI is InChI=1S/C14H12BrFN2O3/c15-10-1-6-13(16)14(9-10)17-7-8-21-12-4-2-11(3-5-12)18(19)20/h1-6,9,17H,7-8H2. The summed E-state index contributed by atoms with van der Waals surface area (Å²) in [7, 11) is 0.